The second-order valence-corrected chi connectivity index (χ2v) is 6.23. The first-order chi connectivity index (χ1) is 13.9. The molecule has 0 saturated heterocycles. The van der Waals surface area contributed by atoms with Crippen molar-refractivity contribution in [3.63, 3.8) is 0 Å². The highest BCUT2D eigenvalue weighted by atomic mass is 16.6. The summed E-state index contributed by atoms with van der Waals surface area (Å²) in [6, 6.07) is 13.0. The molecule has 0 fully saturated rings. The fourth-order valence-electron chi connectivity index (χ4n) is 2.78. The van der Waals surface area contributed by atoms with Crippen molar-refractivity contribution < 1.29 is 23.3 Å². The van der Waals surface area contributed by atoms with E-state index in [0.717, 1.165) is 11.6 Å². The lowest BCUT2D eigenvalue weighted by Crippen LogP contribution is -2.12. The zero-order valence-corrected chi connectivity index (χ0v) is 15.5. The molecule has 0 bridgehead atoms. The number of amides is 1. The summed E-state index contributed by atoms with van der Waals surface area (Å²) >= 11 is 0. The Hall–Kier alpha value is -4.14. The van der Waals surface area contributed by atoms with Crippen LogP contribution in [-0.2, 0) is 0 Å². The maximum Gasteiger partial charge on any atom is 0.433 e. The van der Waals surface area contributed by atoms with Crippen molar-refractivity contribution in [2.24, 2.45) is 0 Å². The minimum atomic E-state index is -0.703. The molecule has 0 unspecified atom stereocenters. The highest BCUT2D eigenvalue weighted by Gasteiger charge is 2.18. The van der Waals surface area contributed by atoms with E-state index in [1.165, 1.54) is 6.07 Å². The van der Waals surface area contributed by atoms with Gasteiger partial charge in [-0.25, -0.2) is 4.98 Å². The number of carbonyl (C=O) groups excluding carboxylic acids is 1. The van der Waals surface area contributed by atoms with Gasteiger partial charge in [0.15, 0.2) is 11.3 Å². The van der Waals surface area contributed by atoms with Crippen molar-refractivity contribution in [2.45, 2.75) is 6.92 Å². The maximum atomic E-state index is 12.4. The maximum absolute atomic E-state index is 12.4. The van der Waals surface area contributed by atoms with Gasteiger partial charge in [-0.05, 0) is 42.8 Å². The van der Waals surface area contributed by atoms with Gasteiger partial charge in [-0.3, -0.25) is 14.9 Å². The average molecular weight is 393 g/mol. The van der Waals surface area contributed by atoms with Gasteiger partial charge in [-0.2, -0.15) is 0 Å². The van der Waals surface area contributed by atoms with E-state index in [1.807, 2.05) is 19.1 Å². The van der Waals surface area contributed by atoms with E-state index in [0.29, 0.717) is 34.0 Å². The van der Waals surface area contributed by atoms with Crippen LogP contribution in [0.25, 0.3) is 22.6 Å². The van der Waals surface area contributed by atoms with Gasteiger partial charge < -0.3 is 18.9 Å². The van der Waals surface area contributed by atoms with Crippen LogP contribution in [0.5, 0.6) is 5.75 Å². The molecule has 4 rings (SSSR count). The third-order valence-electron chi connectivity index (χ3n) is 4.32. The molecule has 0 atom stereocenters. The SMILES string of the molecule is COc1ccc2oc(-c3ccc(C)c(NC(=O)c4ccc([N+](=O)[O-])o4)c3)nc2c1. The molecule has 2 aromatic heterocycles. The Bertz CT molecular complexity index is 1240. The number of hydrogen-bond acceptors (Lipinski definition) is 7. The van der Waals surface area contributed by atoms with Crippen LogP contribution in [0.3, 0.4) is 0 Å². The molecule has 0 spiro atoms. The summed E-state index contributed by atoms with van der Waals surface area (Å²) in [6.07, 6.45) is 0. The number of furan rings is 1. The zero-order valence-electron chi connectivity index (χ0n) is 15.5. The Kier molecular flexibility index (Phi) is 4.47. The van der Waals surface area contributed by atoms with Gasteiger partial charge in [0, 0.05) is 17.3 Å². The number of anilines is 1. The lowest BCUT2D eigenvalue weighted by atomic mass is 10.1. The Morgan fingerprint density at radius 2 is 1.97 bits per heavy atom. The molecule has 1 N–H and O–H groups in total. The van der Waals surface area contributed by atoms with Gasteiger partial charge in [0.25, 0.3) is 5.91 Å². The summed E-state index contributed by atoms with van der Waals surface area (Å²) in [6.45, 7) is 1.82. The van der Waals surface area contributed by atoms with Crippen molar-refractivity contribution in [1.29, 1.82) is 0 Å². The van der Waals surface area contributed by atoms with Gasteiger partial charge in [0.05, 0.1) is 13.2 Å². The van der Waals surface area contributed by atoms with E-state index >= 15 is 0 Å². The van der Waals surface area contributed by atoms with E-state index in [2.05, 4.69) is 10.3 Å². The van der Waals surface area contributed by atoms with E-state index < -0.39 is 16.7 Å². The van der Waals surface area contributed by atoms with Gasteiger partial charge in [0.1, 0.15) is 16.2 Å². The number of oxazole rings is 1. The molecule has 1 amide bonds. The van der Waals surface area contributed by atoms with Gasteiger partial charge in [0.2, 0.25) is 5.89 Å². The number of nitrogens with one attached hydrogen (secondary N) is 1. The lowest BCUT2D eigenvalue weighted by molar-refractivity contribution is -0.402. The molecule has 0 radical (unpaired) electrons. The summed E-state index contributed by atoms with van der Waals surface area (Å²) in [5.41, 5.74) is 3.21. The molecule has 29 heavy (non-hydrogen) atoms. The predicted molar refractivity (Wildman–Crippen MR) is 104 cm³/mol. The van der Waals surface area contributed by atoms with Crippen LogP contribution >= 0.6 is 0 Å². The van der Waals surface area contributed by atoms with Gasteiger partial charge >= 0.3 is 5.88 Å². The molecule has 9 nitrogen and oxygen atoms in total. The smallest absolute Gasteiger partial charge is 0.433 e. The van der Waals surface area contributed by atoms with Crippen LogP contribution < -0.4 is 10.1 Å². The summed E-state index contributed by atoms with van der Waals surface area (Å²) < 4.78 is 15.9. The molecule has 0 aliphatic heterocycles. The van der Waals surface area contributed by atoms with Crippen molar-refractivity contribution >= 4 is 28.6 Å². The number of aromatic nitrogens is 1. The lowest BCUT2D eigenvalue weighted by Gasteiger charge is -2.08. The number of ether oxygens (including phenoxy) is 1. The number of nitro groups is 1. The predicted octanol–water partition coefficient (Wildman–Crippen LogP) is 4.57. The van der Waals surface area contributed by atoms with E-state index in [9.17, 15) is 14.9 Å². The first-order valence-corrected chi connectivity index (χ1v) is 8.56. The molecule has 9 heteroatoms. The summed E-state index contributed by atoms with van der Waals surface area (Å²) in [7, 11) is 1.57. The number of carbonyl (C=O) groups is 1. The number of hydrogen-bond donors (Lipinski definition) is 1. The molecule has 2 heterocycles. The zero-order chi connectivity index (χ0) is 20.5. The number of fused-ring (bicyclic) bond motifs is 1. The molecule has 0 saturated carbocycles. The Balaban J connectivity index is 1.63. The van der Waals surface area contributed by atoms with Crippen LogP contribution in [0.1, 0.15) is 16.1 Å². The van der Waals surface area contributed by atoms with Crippen molar-refractivity contribution in [2.75, 3.05) is 12.4 Å². The molecule has 0 aliphatic rings. The number of nitrogens with zero attached hydrogens (tertiary/aromatic N) is 2. The van der Waals surface area contributed by atoms with E-state index in [-0.39, 0.29) is 5.76 Å². The molecule has 2 aromatic carbocycles. The summed E-state index contributed by atoms with van der Waals surface area (Å²) in [4.78, 5) is 26.9. The average Bonchev–Trinajstić information content (AvgIpc) is 3.36. The Morgan fingerprint density at radius 1 is 1.14 bits per heavy atom. The molecular formula is C20H15N3O6. The monoisotopic (exact) mass is 393 g/mol. The standard InChI is InChI=1S/C20H15N3O6/c1-11-3-4-12(20-22-15-10-13(27-2)5-6-16(15)29-20)9-14(11)21-19(24)17-7-8-18(28-17)23(25)26/h3-10H,1-2H3,(H,21,24). The van der Waals surface area contributed by atoms with Crippen LogP contribution in [0.2, 0.25) is 0 Å². The molecular weight excluding hydrogens is 378 g/mol. The second kappa shape index (κ2) is 7.12. The molecule has 146 valence electrons. The minimum absolute atomic E-state index is 0.157. The minimum Gasteiger partial charge on any atom is -0.497 e. The van der Waals surface area contributed by atoms with Crippen LogP contribution in [0.4, 0.5) is 11.6 Å². The van der Waals surface area contributed by atoms with E-state index in [4.69, 9.17) is 13.6 Å². The normalized spacial score (nSPS) is 10.8. The number of rotatable bonds is 5. The third kappa shape index (κ3) is 3.53. The van der Waals surface area contributed by atoms with Crippen LogP contribution in [0.15, 0.2) is 57.4 Å². The number of methoxy groups -OCH3 is 1. The largest absolute Gasteiger partial charge is 0.497 e. The summed E-state index contributed by atoms with van der Waals surface area (Å²) in [5, 5.41) is 13.4. The van der Waals surface area contributed by atoms with Crippen LogP contribution in [0, 0.1) is 17.0 Å². The highest BCUT2D eigenvalue weighted by molar-refractivity contribution is 6.03. The van der Waals surface area contributed by atoms with Crippen molar-refractivity contribution in [3.8, 4) is 17.2 Å². The van der Waals surface area contributed by atoms with Gasteiger partial charge in [-0.15, -0.1) is 0 Å². The Morgan fingerprint density at radius 3 is 2.69 bits per heavy atom. The Labute approximate surface area is 164 Å². The fourth-order valence-corrected chi connectivity index (χ4v) is 2.78. The van der Waals surface area contributed by atoms with Crippen LogP contribution in [-0.4, -0.2) is 22.9 Å². The molecule has 4 aromatic rings. The fraction of sp³-hybridized carbons (Fsp3) is 0.100. The topological polar surface area (TPSA) is 121 Å². The quantitative estimate of drug-likeness (QED) is 0.389. The second-order valence-electron chi connectivity index (χ2n) is 6.23. The van der Waals surface area contributed by atoms with Gasteiger partial charge in [-0.1, -0.05) is 6.07 Å². The highest BCUT2D eigenvalue weighted by Crippen LogP contribution is 2.30. The number of benzene rings is 2. The van der Waals surface area contributed by atoms with Crippen molar-refractivity contribution in [1.82, 2.24) is 4.98 Å². The molecule has 0 aliphatic carbocycles. The summed E-state index contributed by atoms with van der Waals surface area (Å²) in [5.74, 6) is -0.197. The third-order valence-corrected chi connectivity index (χ3v) is 4.32. The van der Waals surface area contributed by atoms with E-state index in [1.54, 1.807) is 31.4 Å². The van der Waals surface area contributed by atoms with Crippen molar-refractivity contribution in [3.05, 3.63) is 70.0 Å². The number of aryl methyl sites for hydroxylation is 1. The first-order valence-electron chi connectivity index (χ1n) is 8.56. The first kappa shape index (κ1) is 18.2.